The second-order valence-electron chi connectivity index (χ2n) is 7.18. The van der Waals surface area contributed by atoms with E-state index >= 15 is 0 Å². The molecule has 0 radical (unpaired) electrons. The zero-order valence-electron chi connectivity index (χ0n) is 19.2. The summed E-state index contributed by atoms with van der Waals surface area (Å²) in [7, 11) is 0. The first-order chi connectivity index (χ1) is 15.4. The molecule has 0 aliphatic rings. The standard InChI is InChI=1S/C23H19F2N3O2/c1-23(2,3)14-8-11-19(21(12-14)28(29)30)27-15-9-10-17(24)16(13-15)22-18(25)6-5-7-20(22)26-4/h5-13,27H,1-3H3/i1D3. The van der Waals surface area contributed by atoms with Gasteiger partial charge in [0.05, 0.1) is 11.5 Å². The molecule has 0 aromatic heterocycles. The fourth-order valence-corrected chi connectivity index (χ4v) is 3.00. The number of nitrogens with zero attached hydrogens (tertiary/aromatic N) is 2. The number of nitrogens with one attached hydrogen (secondary N) is 1. The zero-order valence-corrected chi connectivity index (χ0v) is 16.2. The molecule has 0 heterocycles. The third-order valence-corrected chi connectivity index (χ3v) is 4.54. The normalized spacial score (nSPS) is 13.0. The lowest BCUT2D eigenvalue weighted by atomic mass is 9.86. The Hall–Kier alpha value is -3.79. The van der Waals surface area contributed by atoms with E-state index in [9.17, 15) is 18.9 Å². The summed E-state index contributed by atoms with van der Waals surface area (Å²) in [6.45, 7) is 7.79. The van der Waals surface area contributed by atoms with E-state index < -0.39 is 28.8 Å². The van der Waals surface area contributed by atoms with Gasteiger partial charge in [-0.1, -0.05) is 38.9 Å². The Balaban J connectivity index is 2.08. The quantitative estimate of drug-likeness (QED) is 0.283. The van der Waals surface area contributed by atoms with Crippen LogP contribution in [0.1, 0.15) is 30.4 Å². The number of hydrogen-bond donors (Lipinski definition) is 1. The molecule has 152 valence electrons. The van der Waals surface area contributed by atoms with Crippen molar-refractivity contribution >= 4 is 22.7 Å². The molecule has 0 bridgehead atoms. The first-order valence-electron chi connectivity index (χ1n) is 10.4. The molecule has 0 aliphatic heterocycles. The number of halogens is 2. The Bertz CT molecular complexity index is 1280. The van der Waals surface area contributed by atoms with Gasteiger partial charge in [0.25, 0.3) is 5.69 Å². The van der Waals surface area contributed by atoms with E-state index in [1.807, 2.05) is 0 Å². The van der Waals surface area contributed by atoms with Crippen LogP contribution in [0.5, 0.6) is 0 Å². The molecule has 0 saturated heterocycles. The number of nitro benzene ring substituents is 1. The van der Waals surface area contributed by atoms with Crippen molar-refractivity contribution < 1.29 is 17.8 Å². The highest BCUT2D eigenvalue weighted by Crippen LogP contribution is 2.38. The Kier molecular flexibility index (Phi) is 4.51. The highest BCUT2D eigenvalue weighted by molar-refractivity contribution is 5.82. The third-order valence-electron chi connectivity index (χ3n) is 4.54. The number of nitro groups is 1. The Morgan fingerprint density at radius 3 is 2.57 bits per heavy atom. The summed E-state index contributed by atoms with van der Waals surface area (Å²) in [6, 6.07) is 11.5. The topological polar surface area (TPSA) is 59.5 Å². The van der Waals surface area contributed by atoms with Crippen molar-refractivity contribution in [3.8, 4) is 11.1 Å². The molecule has 7 heteroatoms. The molecular formula is C23H19F2N3O2. The van der Waals surface area contributed by atoms with E-state index in [1.54, 1.807) is 0 Å². The minimum Gasteiger partial charge on any atom is -0.350 e. The maximum absolute atomic E-state index is 14.5. The zero-order chi connectivity index (χ0) is 24.6. The number of hydrogen-bond acceptors (Lipinski definition) is 3. The maximum atomic E-state index is 14.5. The molecule has 0 unspecified atom stereocenters. The van der Waals surface area contributed by atoms with Crippen molar-refractivity contribution in [2.24, 2.45) is 0 Å². The average molecular weight is 410 g/mol. The summed E-state index contributed by atoms with van der Waals surface area (Å²) >= 11 is 0. The van der Waals surface area contributed by atoms with Crippen LogP contribution in [0, 0.1) is 28.3 Å². The third kappa shape index (κ3) is 4.13. The second-order valence-corrected chi connectivity index (χ2v) is 7.18. The molecule has 0 fully saturated rings. The van der Waals surface area contributed by atoms with Gasteiger partial charge in [0.15, 0.2) is 5.69 Å². The van der Waals surface area contributed by atoms with E-state index in [2.05, 4.69) is 10.2 Å². The van der Waals surface area contributed by atoms with Crippen molar-refractivity contribution in [2.45, 2.75) is 26.1 Å². The van der Waals surface area contributed by atoms with Crippen molar-refractivity contribution in [3.63, 3.8) is 0 Å². The molecule has 3 aromatic rings. The summed E-state index contributed by atoms with van der Waals surface area (Å²) in [5.41, 5.74) is -1.65. The van der Waals surface area contributed by atoms with Crippen LogP contribution in [-0.2, 0) is 5.41 Å². The van der Waals surface area contributed by atoms with Gasteiger partial charge in [-0.05, 0) is 41.3 Å². The highest BCUT2D eigenvalue weighted by Gasteiger charge is 2.22. The van der Waals surface area contributed by atoms with Gasteiger partial charge in [-0.3, -0.25) is 10.1 Å². The second kappa shape index (κ2) is 7.91. The molecular weight excluding hydrogens is 388 g/mol. The van der Waals surface area contributed by atoms with Gasteiger partial charge in [-0.2, -0.15) is 0 Å². The molecule has 5 nitrogen and oxygen atoms in total. The number of rotatable bonds is 4. The number of anilines is 2. The first kappa shape index (κ1) is 17.1. The molecule has 0 amide bonds. The molecule has 0 saturated carbocycles. The monoisotopic (exact) mass is 410 g/mol. The minimum absolute atomic E-state index is 0.0431. The largest absolute Gasteiger partial charge is 0.350 e. The smallest absolute Gasteiger partial charge is 0.292 e. The maximum Gasteiger partial charge on any atom is 0.292 e. The van der Waals surface area contributed by atoms with E-state index in [4.69, 9.17) is 10.7 Å². The van der Waals surface area contributed by atoms with E-state index in [1.165, 1.54) is 56.3 Å². The van der Waals surface area contributed by atoms with Crippen LogP contribution in [0.2, 0.25) is 0 Å². The van der Waals surface area contributed by atoms with Crippen molar-refractivity contribution in [1.29, 1.82) is 0 Å². The van der Waals surface area contributed by atoms with Crippen molar-refractivity contribution in [2.75, 3.05) is 5.32 Å². The fourth-order valence-electron chi connectivity index (χ4n) is 3.00. The summed E-state index contributed by atoms with van der Waals surface area (Å²) in [5, 5.41) is 14.5. The molecule has 0 spiro atoms. The predicted molar refractivity (Wildman–Crippen MR) is 113 cm³/mol. The van der Waals surface area contributed by atoms with Crippen LogP contribution in [-0.4, -0.2) is 4.92 Å². The lowest BCUT2D eigenvalue weighted by Gasteiger charge is -2.19. The molecule has 30 heavy (non-hydrogen) atoms. The highest BCUT2D eigenvalue weighted by atomic mass is 19.1. The summed E-state index contributed by atoms with van der Waals surface area (Å²) in [5.74, 6) is -1.54. The lowest BCUT2D eigenvalue weighted by Crippen LogP contribution is -2.11. The SMILES string of the molecule is [2H]C([2H])([2H])C(C)(C)c1ccc(Nc2ccc(F)c(-c3c(F)cccc3[N+]#[C-])c2)c([N+](=O)[O-])c1. The predicted octanol–water partition coefficient (Wildman–Crippen LogP) is 7.13. The Morgan fingerprint density at radius 1 is 1.13 bits per heavy atom. The van der Waals surface area contributed by atoms with Gasteiger partial charge in [-0.15, -0.1) is 0 Å². The van der Waals surface area contributed by atoms with Crippen LogP contribution in [0.25, 0.3) is 16.0 Å². The lowest BCUT2D eigenvalue weighted by molar-refractivity contribution is -0.384. The van der Waals surface area contributed by atoms with Crippen LogP contribution >= 0.6 is 0 Å². The van der Waals surface area contributed by atoms with Gasteiger partial charge in [0.1, 0.15) is 17.3 Å². The Labute approximate surface area is 177 Å². The minimum atomic E-state index is -2.39. The van der Waals surface area contributed by atoms with Gasteiger partial charge in [-0.25, -0.2) is 13.6 Å². The number of benzene rings is 3. The molecule has 0 atom stereocenters. The van der Waals surface area contributed by atoms with E-state index in [0.717, 1.165) is 12.1 Å². The summed E-state index contributed by atoms with van der Waals surface area (Å²) in [6.07, 6.45) is 0. The van der Waals surface area contributed by atoms with E-state index in [0.29, 0.717) is 0 Å². The molecule has 3 rings (SSSR count). The molecule has 0 aliphatic carbocycles. The van der Waals surface area contributed by atoms with Gasteiger partial charge >= 0.3 is 0 Å². The van der Waals surface area contributed by atoms with Crippen LogP contribution in [0.4, 0.5) is 31.5 Å². The fraction of sp³-hybridized carbons (Fsp3) is 0.174. The van der Waals surface area contributed by atoms with Gasteiger partial charge in [0, 0.05) is 27.0 Å². The van der Waals surface area contributed by atoms with E-state index in [-0.39, 0.29) is 39.4 Å². The Morgan fingerprint density at radius 2 is 1.90 bits per heavy atom. The van der Waals surface area contributed by atoms with Crippen molar-refractivity contribution in [1.82, 2.24) is 0 Å². The van der Waals surface area contributed by atoms with Crippen molar-refractivity contribution in [3.05, 3.63) is 93.3 Å². The van der Waals surface area contributed by atoms with Crippen LogP contribution in [0.15, 0.2) is 54.6 Å². The summed E-state index contributed by atoms with van der Waals surface area (Å²) in [4.78, 5) is 14.3. The summed E-state index contributed by atoms with van der Waals surface area (Å²) < 4.78 is 52.1. The van der Waals surface area contributed by atoms with Gasteiger partial charge in [0.2, 0.25) is 0 Å². The first-order valence-corrected chi connectivity index (χ1v) is 8.88. The molecule has 3 aromatic carbocycles. The van der Waals surface area contributed by atoms with Crippen LogP contribution < -0.4 is 5.32 Å². The van der Waals surface area contributed by atoms with Gasteiger partial charge < -0.3 is 5.32 Å². The van der Waals surface area contributed by atoms with Crippen LogP contribution in [0.3, 0.4) is 0 Å². The molecule has 1 N–H and O–H groups in total. The average Bonchev–Trinajstić information content (AvgIpc) is 2.74.